The van der Waals surface area contributed by atoms with E-state index in [-0.39, 0.29) is 11.9 Å². The molecule has 0 aliphatic carbocycles. The summed E-state index contributed by atoms with van der Waals surface area (Å²) in [4.78, 5) is 14.5. The topological polar surface area (TPSA) is 41.6 Å². The summed E-state index contributed by atoms with van der Waals surface area (Å²) < 4.78 is 5.31. The Morgan fingerprint density at radius 2 is 2.00 bits per heavy atom. The normalized spacial score (nSPS) is 12.1. The van der Waals surface area contributed by atoms with E-state index in [2.05, 4.69) is 5.32 Å². The van der Waals surface area contributed by atoms with Crippen LogP contribution in [-0.4, -0.2) is 31.0 Å². The Kier molecular flexibility index (Phi) is 6.23. The maximum absolute atomic E-state index is 12.6. The number of aryl methyl sites for hydroxylation is 1. The number of benzene rings is 2. The smallest absolute Gasteiger partial charge is 0.241 e. The first-order chi connectivity index (χ1) is 11.4. The fraction of sp³-hybridized carbons (Fsp3) is 0.316. The van der Waals surface area contributed by atoms with Crippen molar-refractivity contribution in [1.82, 2.24) is 4.90 Å². The van der Waals surface area contributed by atoms with Gasteiger partial charge in [-0.25, -0.2) is 0 Å². The highest BCUT2D eigenvalue weighted by Gasteiger charge is 2.20. The fourth-order valence-electron chi connectivity index (χ4n) is 2.39. The van der Waals surface area contributed by atoms with Crippen LogP contribution in [0.4, 0.5) is 5.69 Å². The molecule has 2 aromatic carbocycles. The average Bonchev–Trinajstić information content (AvgIpc) is 2.56. The lowest BCUT2D eigenvalue weighted by atomic mass is 10.1. The third-order valence-electron chi connectivity index (χ3n) is 4.03. The van der Waals surface area contributed by atoms with Gasteiger partial charge in [0.25, 0.3) is 0 Å². The zero-order valence-electron chi connectivity index (χ0n) is 14.5. The highest BCUT2D eigenvalue weighted by Crippen LogP contribution is 2.25. The van der Waals surface area contributed by atoms with Crippen LogP contribution in [0.15, 0.2) is 42.5 Å². The van der Waals surface area contributed by atoms with Crippen molar-refractivity contribution in [1.29, 1.82) is 0 Å². The number of amides is 1. The molecule has 1 atom stereocenters. The van der Waals surface area contributed by atoms with Gasteiger partial charge in [-0.1, -0.05) is 35.9 Å². The molecule has 2 rings (SSSR count). The molecule has 0 bridgehead atoms. The summed E-state index contributed by atoms with van der Waals surface area (Å²) in [6.45, 7) is 4.44. The highest BCUT2D eigenvalue weighted by molar-refractivity contribution is 6.31. The minimum Gasteiger partial charge on any atom is -0.495 e. The van der Waals surface area contributed by atoms with Crippen LogP contribution in [0.5, 0.6) is 5.75 Å². The molecule has 0 heterocycles. The Labute approximate surface area is 148 Å². The molecule has 4 nitrogen and oxygen atoms in total. The van der Waals surface area contributed by atoms with Crippen molar-refractivity contribution in [2.75, 3.05) is 19.5 Å². The second-order valence-corrected chi connectivity index (χ2v) is 6.28. The summed E-state index contributed by atoms with van der Waals surface area (Å²) in [6, 6.07) is 13.0. The zero-order chi connectivity index (χ0) is 17.7. The van der Waals surface area contributed by atoms with Crippen LogP contribution in [0.25, 0.3) is 0 Å². The van der Waals surface area contributed by atoms with E-state index >= 15 is 0 Å². The van der Waals surface area contributed by atoms with Crippen LogP contribution < -0.4 is 10.1 Å². The number of carbonyl (C=O) groups is 1. The number of methoxy groups -OCH3 is 1. The lowest BCUT2D eigenvalue weighted by molar-refractivity contribution is -0.120. The summed E-state index contributed by atoms with van der Waals surface area (Å²) in [5, 5.41) is 3.65. The Hall–Kier alpha value is -2.04. The molecule has 1 unspecified atom stereocenters. The van der Waals surface area contributed by atoms with Crippen LogP contribution >= 0.6 is 11.6 Å². The second-order valence-electron chi connectivity index (χ2n) is 5.88. The molecule has 0 saturated carbocycles. The lowest BCUT2D eigenvalue weighted by Crippen LogP contribution is -2.39. The van der Waals surface area contributed by atoms with Gasteiger partial charge in [0.2, 0.25) is 5.91 Å². The summed E-state index contributed by atoms with van der Waals surface area (Å²) in [6.07, 6.45) is 0. The van der Waals surface area contributed by atoms with Crippen molar-refractivity contribution >= 4 is 23.2 Å². The van der Waals surface area contributed by atoms with Crippen LogP contribution in [0.2, 0.25) is 5.02 Å². The monoisotopic (exact) mass is 346 g/mol. The van der Waals surface area contributed by atoms with Crippen LogP contribution in [-0.2, 0) is 11.3 Å². The van der Waals surface area contributed by atoms with E-state index in [0.29, 0.717) is 23.0 Å². The molecule has 24 heavy (non-hydrogen) atoms. The Morgan fingerprint density at radius 3 is 2.67 bits per heavy atom. The summed E-state index contributed by atoms with van der Waals surface area (Å²) in [5.41, 5.74) is 2.73. The summed E-state index contributed by atoms with van der Waals surface area (Å²) in [5.74, 6) is 0.559. The number of nitrogens with one attached hydrogen (secondary N) is 1. The summed E-state index contributed by atoms with van der Waals surface area (Å²) >= 11 is 6.20. The second kappa shape index (κ2) is 8.18. The quantitative estimate of drug-likeness (QED) is 0.855. The number of carbonyl (C=O) groups excluding carboxylic acids is 1. The zero-order valence-corrected chi connectivity index (χ0v) is 15.2. The molecule has 0 radical (unpaired) electrons. The van der Waals surface area contributed by atoms with Gasteiger partial charge >= 0.3 is 0 Å². The van der Waals surface area contributed by atoms with Crippen molar-refractivity contribution in [3.8, 4) is 5.75 Å². The first kappa shape index (κ1) is 18.3. The Bertz CT molecular complexity index is 718. The molecule has 0 saturated heterocycles. The molecule has 128 valence electrons. The number of ether oxygens (including phenoxy) is 1. The largest absolute Gasteiger partial charge is 0.495 e. The van der Waals surface area contributed by atoms with E-state index in [4.69, 9.17) is 16.3 Å². The van der Waals surface area contributed by atoms with E-state index < -0.39 is 0 Å². The van der Waals surface area contributed by atoms with Gasteiger partial charge < -0.3 is 10.1 Å². The summed E-state index contributed by atoms with van der Waals surface area (Å²) in [7, 11) is 3.49. The van der Waals surface area contributed by atoms with Crippen molar-refractivity contribution in [3.05, 3.63) is 58.6 Å². The molecule has 0 aliphatic rings. The predicted octanol–water partition coefficient (Wildman–Crippen LogP) is 4.12. The minimum absolute atomic E-state index is 0.0894. The van der Waals surface area contributed by atoms with Gasteiger partial charge in [0, 0.05) is 11.6 Å². The van der Waals surface area contributed by atoms with Crippen molar-refractivity contribution in [3.63, 3.8) is 0 Å². The standard InChI is InChI=1S/C19H23ClN2O2/c1-13-9-10-18(24-4)17(11-13)21-19(23)14(2)22(3)12-15-7-5-6-8-16(15)20/h5-11,14H,12H2,1-4H3,(H,21,23). The van der Waals surface area contributed by atoms with Gasteiger partial charge in [-0.2, -0.15) is 0 Å². The van der Waals surface area contributed by atoms with Gasteiger partial charge in [-0.15, -0.1) is 0 Å². The van der Waals surface area contributed by atoms with Gasteiger partial charge in [-0.3, -0.25) is 9.69 Å². The van der Waals surface area contributed by atoms with E-state index in [9.17, 15) is 4.79 Å². The number of likely N-dealkylation sites (N-methyl/N-ethyl adjacent to an activating group) is 1. The first-order valence-corrected chi connectivity index (χ1v) is 8.19. The highest BCUT2D eigenvalue weighted by atomic mass is 35.5. The van der Waals surface area contributed by atoms with Gasteiger partial charge in [0.05, 0.1) is 18.8 Å². The maximum atomic E-state index is 12.6. The molecule has 0 fully saturated rings. The number of halogens is 1. The lowest BCUT2D eigenvalue weighted by Gasteiger charge is -2.24. The minimum atomic E-state index is -0.313. The van der Waals surface area contributed by atoms with E-state index in [0.717, 1.165) is 11.1 Å². The molecule has 2 aromatic rings. The molecule has 0 aliphatic heterocycles. The Morgan fingerprint density at radius 1 is 1.29 bits per heavy atom. The number of nitrogens with zero attached hydrogens (tertiary/aromatic N) is 1. The molecule has 1 amide bonds. The molecular formula is C19H23ClN2O2. The van der Waals surface area contributed by atoms with Gasteiger partial charge in [-0.05, 0) is 50.2 Å². The van der Waals surface area contributed by atoms with E-state index in [1.807, 2.05) is 68.3 Å². The van der Waals surface area contributed by atoms with Crippen molar-refractivity contribution < 1.29 is 9.53 Å². The van der Waals surface area contributed by atoms with Crippen LogP contribution in [0, 0.1) is 6.92 Å². The van der Waals surface area contributed by atoms with Gasteiger partial charge in [0.1, 0.15) is 5.75 Å². The molecule has 5 heteroatoms. The Balaban J connectivity index is 2.06. The third kappa shape index (κ3) is 4.49. The average molecular weight is 347 g/mol. The molecule has 0 spiro atoms. The van der Waals surface area contributed by atoms with Crippen molar-refractivity contribution in [2.24, 2.45) is 0 Å². The van der Waals surface area contributed by atoms with E-state index in [1.54, 1.807) is 7.11 Å². The van der Waals surface area contributed by atoms with Crippen LogP contribution in [0.3, 0.4) is 0 Å². The van der Waals surface area contributed by atoms with Crippen LogP contribution in [0.1, 0.15) is 18.1 Å². The fourth-order valence-corrected chi connectivity index (χ4v) is 2.58. The maximum Gasteiger partial charge on any atom is 0.241 e. The van der Waals surface area contributed by atoms with Crippen molar-refractivity contribution in [2.45, 2.75) is 26.4 Å². The van der Waals surface area contributed by atoms with E-state index in [1.165, 1.54) is 0 Å². The number of hydrogen-bond acceptors (Lipinski definition) is 3. The van der Waals surface area contributed by atoms with Gasteiger partial charge in [0.15, 0.2) is 0 Å². The molecule has 0 aromatic heterocycles. The third-order valence-corrected chi connectivity index (χ3v) is 4.40. The molecular weight excluding hydrogens is 324 g/mol. The number of anilines is 1. The number of hydrogen-bond donors (Lipinski definition) is 1. The number of rotatable bonds is 6. The first-order valence-electron chi connectivity index (χ1n) is 7.81. The predicted molar refractivity (Wildman–Crippen MR) is 98.7 cm³/mol. The SMILES string of the molecule is COc1ccc(C)cc1NC(=O)C(C)N(C)Cc1ccccc1Cl. The molecule has 1 N–H and O–H groups in total.